The first-order valence-electron chi connectivity index (χ1n) is 5.46. The Labute approximate surface area is 95.6 Å². The minimum Gasteiger partial charge on any atom is -0.360 e. The van der Waals surface area contributed by atoms with E-state index >= 15 is 0 Å². The van der Waals surface area contributed by atoms with Gasteiger partial charge in [0, 0.05) is 6.07 Å². The maximum atomic E-state index is 12.1. The Morgan fingerprint density at radius 2 is 1.94 bits per heavy atom. The number of nitrogens with zero attached hydrogens (tertiary/aromatic N) is 1. The molecule has 1 aromatic heterocycles. The van der Waals surface area contributed by atoms with Gasteiger partial charge in [0.25, 0.3) is 0 Å². The molecule has 92 valence electrons. The van der Waals surface area contributed by atoms with Gasteiger partial charge in [-0.1, -0.05) is 12.1 Å². The SMILES string of the molecule is CCOP(=O)(Cc1cc(CC)no1)OCC. The van der Waals surface area contributed by atoms with Crippen molar-refractivity contribution < 1.29 is 18.1 Å². The largest absolute Gasteiger partial charge is 0.360 e. The predicted molar refractivity (Wildman–Crippen MR) is 60.4 cm³/mol. The second-order valence-corrected chi connectivity index (χ2v) is 5.30. The van der Waals surface area contributed by atoms with Crippen LogP contribution < -0.4 is 0 Å². The van der Waals surface area contributed by atoms with Crippen molar-refractivity contribution >= 4 is 7.60 Å². The zero-order valence-corrected chi connectivity index (χ0v) is 10.8. The molecule has 0 N–H and O–H groups in total. The van der Waals surface area contributed by atoms with Crippen LogP contribution in [0.3, 0.4) is 0 Å². The zero-order valence-electron chi connectivity index (χ0n) is 9.93. The van der Waals surface area contributed by atoms with Crippen LogP contribution >= 0.6 is 7.60 Å². The molecule has 1 rings (SSSR count). The fourth-order valence-corrected chi connectivity index (χ4v) is 2.88. The third kappa shape index (κ3) is 3.74. The van der Waals surface area contributed by atoms with Crippen molar-refractivity contribution in [2.24, 2.45) is 0 Å². The summed E-state index contributed by atoms with van der Waals surface area (Å²) in [6.45, 7) is 6.25. The van der Waals surface area contributed by atoms with Crippen molar-refractivity contribution in [1.82, 2.24) is 5.16 Å². The van der Waals surface area contributed by atoms with Crippen LogP contribution in [0.2, 0.25) is 0 Å². The highest BCUT2D eigenvalue weighted by molar-refractivity contribution is 7.53. The minimum absolute atomic E-state index is 0.141. The summed E-state index contributed by atoms with van der Waals surface area (Å²) in [5.41, 5.74) is 0.842. The smallest absolute Gasteiger partial charge is 0.338 e. The average Bonchev–Trinajstić information content (AvgIpc) is 2.65. The maximum Gasteiger partial charge on any atom is 0.338 e. The van der Waals surface area contributed by atoms with Crippen molar-refractivity contribution in [2.75, 3.05) is 13.2 Å². The van der Waals surface area contributed by atoms with E-state index in [-0.39, 0.29) is 6.16 Å². The quantitative estimate of drug-likeness (QED) is 0.693. The van der Waals surface area contributed by atoms with E-state index in [4.69, 9.17) is 13.6 Å². The van der Waals surface area contributed by atoms with Gasteiger partial charge in [0.2, 0.25) is 0 Å². The molecule has 0 unspecified atom stereocenters. The topological polar surface area (TPSA) is 61.6 Å². The van der Waals surface area contributed by atoms with Gasteiger partial charge in [-0.25, -0.2) is 0 Å². The Kier molecular flexibility index (Phi) is 5.19. The number of aromatic nitrogens is 1. The fraction of sp³-hybridized carbons (Fsp3) is 0.700. The average molecular weight is 247 g/mol. The highest BCUT2D eigenvalue weighted by Gasteiger charge is 2.26. The van der Waals surface area contributed by atoms with E-state index in [1.807, 2.05) is 6.92 Å². The molecule has 0 atom stereocenters. The van der Waals surface area contributed by atoms with Crippen molar-refractivity contribution in [3.63, 3.8) is 0 Å². The second kappa shape index (κ2) is 6.18. The second-order valence-electron chi connectivity index (χ2n) is 3.24. The standard InChI is InChI=1S/C10H18NO4P/c1-4-9-7-10(15-11-9)8-16(12,13-5-2)14-6-3/h7H,4-6,8H2,1-3H3. The molecule has 0 bridgehead atoms. The first-order valence-corrected chi connectivity index (χ1v) is 7.19. The minimum atomic E-state index is -3.07. The molecule has 0 spiro atoms. The molecule has 5 nitrogen and oxygen atoms in total. The molecule has 0 aliphatic carbocycles. The van der Waals surface area contributed by atoms with E-state index in [0.717, 1.165) is 12.1 Å². The van der Waals surface area contributed by atoms with E-state index in [1.54, 1.807) is 19.9 Å². The molecule has 6 heteroatoms. The summed E-state index contributed by atoms with van der Waals surface area (Å²) in [7, 11) is -3.07. The van der Waals surface area contributed by atoms with Crippen LogP contribution in [0, 0.1) is 0 Å². The van der Waals surface area contributed by atoms with E-state index < -0.39 is 7.60 Å². The monoisotopic (exact) mass is 247 g/mol. The first-order chi connectivity index (χ1) is 7.63. The molecule has 0 saturated heterocycles. The van der Waals surface area contributed by atoms with Gasteiger partial charge < -0.3 is 13.6 Å². The molecule has 0 fully saturated rings. The number of rotatable bonds is 7. The summed E-state index contributed by atoms with van der Waals surface area (Å²) in [6, 6.07) is 1.78. The molecular weight excluding hydrogens is 229 g/mol. The number of hydrogen-bond donors (Lipinski definition) is 0. The summed E-state index contributed by atoms with van der Waals surface area (Å²) in [6.07, 6.45) is 0.929. The van der Waals surface area contributed by atoms with E-state index in [2.05, 4.69) is 5.16 Å². The normalized spacial score (nSPS) is 11.9. The zero-order chi connectivity index (χ0) is 12.0. The van der Waals surface area contributed by atoms with Crippen molar-refractivity contribution in [1.29, 1.82) is 0 Å². The lowest BCUT2D eigenvalue weighted by molar-refractivity contribution is 0.216. The van der Waals surface area contributed by atoms with Crippen LogP contribution in [-0.2, 0) is 26.2 Å². The molecule has 0 aliphatic rings. The summed E-state index contributed by atoms with van der Waals surface area (Å²) in [5.74, 6) is 0.544. The highest BCUT2D eigenvalue weighted by atomic mass is 31.2. The lowest BCUT2D eigenvalue weighted by Crippen LogP contribution is -1.98. The third-order valence-corrected chi connectivity index (χ3v) is 3.97. The summed E-state index contributed by atoms with van der Waals surface area (Å²) in [4.78, 5) is 0. The van der Waals surface area contributed by atoms with E-state index in [9.17, 15) is 4.57 Å². The molecule has 0 saturated carbocycles. The Hall–Kier alpha value is -0.640. The number of hydrogen-bond acceptors (Lipinski definition) is 5. The summed E-state index contributed by atoms with van der Waals surface area (Å²) >= 11 is 0. The Morgan fingerprint density at radius 1 is 1.31 bits per heavy atom. The lowest BCUT2D eigenvalue weighted by Gasteiger charge is -2.14. The van der Waals surface area contributed by atoms with E-state index in [1.165, 1.54) is 0 Å². The van der Waals surface area contributed by atoms with Gasteiger partial charge in [-0.2, -0.15) is 0 Å². The van der Waals surface area contributed by atoms with Crippen molar-refractivity contribution in [3.05, 3.63) is 17.5 Å². The summed E-state index contributed by atoms with van der Waals surface area (Å²) in [5, 5.41) is 3.83. The Balaban J connectivity index is 2.71. The van der Waals surface area contributed by atoms with Crippen LogP contribution in [0.15, 0.2) is 10.6 Å². The fourth-order valence-electron chi connectivity index (χ4n) is 1.31. The van der Waals surface area contributed by atoms with Crippen LogP contribution in [0.4, 0.5) is 0 Å². The van der Waals surface area contributed by atoms with Crippen LogP contribution in [0.1, 0.15) is 32.2 Å². The van der Waals surface area contributed by atoms with Gasteiger partial charge in [-0.3, -0.25) is 4.57 Å². The molecule has 1 aromatic rings. The van der Waals surface area contributed by atoms with Gasteiger partial charge in [-0.15, -0.1) is 0 Å². The van der Waals surface area contributed by atoms with Gasteiger partial charge in [-0.05, 0) is 20.3 Å². The Morgan fingerprint density at radius 3 is 2.38 bits per heavy atom. The Bertz CT molecular complexity index is 353. The predicted octanol–water partition coefficient (Wildman–Crippen LogP) is 3.00. The highest BCUT2D eigenvalue weighted by Crippen LogP contribution is 2.51. The van der Waals surface area contributed by atoms with Crippen molar-refractivity contribution in [3.8, 4) is 0 Å². The first kappa shape index (κ1) is 13.4. The molecule has 1 heterocycles. The molecule has 0 aromatic carbocycles. The summed E-state index contributed by atoms with van der Waals surface area (Å²) < 4.78 is 27.5. The lowest BCUT2D eigenvalue weighted by atomic mass is 10.3. The van der Waals surface area contributed by atoms with Crippen LogP contribution in [-0.4, -0.2) is 18.4 Å². The van der Waals surface area contributed by atoms with Gasteiger partial charge in [0.1, 0.15) is 11.9 Å². The van der Waals surface area contributed by atoms with Crippen molar-refractivity contribution in [2.45, 2.75) is 33.4 Å². The van der Waals surface area contributed by atoms with Crippen LogP contribution in [0.25, 0.3) is 0 Å². The van der Waals surface area contributed by atoms with E-state index in [0.29, 0.717) is 19.0 Å². The molecule has 0 radical (unpaired) electrons. The number of aryl methyl sites for hydroxylation is 1. The van der Waals surface area contributed by atoms with Gasteiger partial charge in [0.05, 0.1) is 18.9 Å². The molecular formula is C10H18NO4P. The molecule has 0 aliphatic heterocycles. The maximum absolute atomic E-state index is 12.1. The molecule has 0 amide bonds. The van der Waals surface area contributed by atoms with Gasteiger partial charge in [0.15, 0.2) is 0 Å². The molecule has 16 heavy (non-hydrogen) atoms. The van der Waals surface area contributed by atoms with Gasteiger partial charge >= 0.3 is 7.60 Å². The third-order valence-electron chi connectivity index (χ3n) is 1.97. The van der Waals surface area contributed by atoms with Crippen LogP contribution in [0.5, 0.6) is 0 Å².